The van der Waals surface area contributed by atoms with E-state index in [9.17, 15) is 9.59 Å². The number of carbonyl (C=O) groups is 2. The van der Waals surface area contributed by atoms with Gasteiger partial charge in [0.05, 0.1) is 6.61 Å². The van der Waals surface area contributed by atoms with Crippen LogP contribution in [0.1, 0.15) is 12.5 Å². The Kier molecular flexibility index (Phi) is 7.28. The van der Waals surface area contributed by atoms with E-state index in [1.54, 1.807) is 28.0 Å². The summed E-state index contributed by atoms with van der Waals surface area (Å²) in [5, 5.41) is 0. The van der Waals surface area contributed by atoms with Crippen molar-refractivity contribution in [3.63, 3.8) is 0 Å². The first kappa shape index (κ1) is 20.5. The topological polar surface area (TPSA) is 59.1 Å². The Morgan fingerprint density at radius 2 is 1.45 bits per heavy atom. The quantitative estimate of drug-likeness (QED) is 0.678. The number of hydrogen-bond donors (Lipinski definition) is 0. The van der Waals surface area contributed by atoms with Crippen LogP contribution in [0.2, 0.25) is 0 Å². The van der Waals surface area contributed by atoms with Crippen molar-refractivity contribution in [3.8, 4) is 11.5 Å². The van der Waals surface area contributed by atoms with Gasteiger partial charge in [-0.15, -0.1) is 0 Å². The van der Waals surface area contributed by atoms with Crippen molar-refractivity contribution < 1.29 is 19.1 Å². The van der Waals surface area contributed by atoms with Crippen molar-refractivity contribution in [2.24, 2.45) is 0 Å². The van der Waals surface area contributed by atoms with Crippen LogP contribution in [0.4, 0.5) is 0 Å². The van der Waals surface area contributed by atoms with E-state index >= 15 is 0 Å². The molecule has 0 bridgehead atoms. The van der Waals surface area contributed by atoms with Gasteiger partial charge in [-0.25, -0.2) is 0 Å². The summed E-state index contributed by atoms with van der Waals surface area (Å²) >= 11 is 0. The molecule has 0 N–H and O–H groups in total. The van der Waals surface area contributed by atoms with Crippen LogP contribution < -0.4 is 9.47 Å². The lowest BCUT2D eigenvalue weighted by atomic mass is 10.2. The van der Waals surface area contributed by atoms with Crippen molar-refractivity contribution in [2.45, 2.75) is 6.92 Å². The van der Waals surface area contributed by atoms with Gasteiger partial charge >= 0.3 is 0 Å². The van der Waals surface area contributed by atoms with E-state index in [0.29, 0.717) is 38.5 Å². The number of hydrogen-bond acceptors (Lipinski definition) is 4. The van der Waals surface area contributed by atoms with Crippen molar-refractivity contribution in [2.75, 3.05) is 39.4 Å². The summed E-state index contributed by atoms with van der Waals surface area (Å²) in [6.07, 6.45) is 3.40. The van der Waals surface area contributed by atoms with Gasteiger partial charge in [-0.05, 0) is 42.8 Å². The molecule has 0 spiro atoms. The maximum Gasteiger partial charge on any atom is 0.260 e. The molecular formula is C23H26N2O4. The second-order valence-corrected chi connectivity index (χ2v) is 6.64. The summed E-state index contributed by atoms with van der Waals surface area (Å²) in [6.45, 7) is 4.58. The Hall–Kier alpha value is -3.28. The highest BCUT2D eigenvalue weighted by atomic mass is 16.5. The summed E-state index contributed by atoms with van der Waals surface area (Å²) in [7, 11) is 0. The second-order valence-electron chi connectivity index (χ2n) is 6.64. The zero-order valence-electron chi connectivity index (χ0n) is 16.6. The van der Waals surface area contributed by atoms with Gasteiger partial charge in [-0.2, -0.15) is 0 Å². The van der Waals surface area contributed by atoms with Gasteiger partial charge in [0.15, 0.2) is 6.61 Å². The van der Waals surface area contributed by atoms with E-state index in [0.717, 1.165) is 11.3 Å². The van der Waals surface area contributed by atoms with Crippen LogP contribution in [0.25, 0.3) is 6.08 Å². The first-order valence-electron chi connectivity index (χ1n) is 9.81. The van der Waals surface area contributed by atoms with Crippen LogP contribution in [-0.4, -0.2) is 61.0 Å². The number of carbonyl (C=O) groups excluding carboxylic acids is 2. The first-order valence-corrected chi connectivity index (χ1v) is 9.81. The van der Waals surface area contributed by atoms with Gasteiger partial charge in [0.25, 0.3) is 5.91 Å². The van der Waals surface area contributed by atoms with Gasteiger partial charge in [0.1, 0.15) is 11.5 Å². The smallest absolute Gasteiger partial charge is 0.260 e. The SMILES string of the molecule is CCOc1ccc(OCC(=O)N2CCN(C(=O)/C=C/c3ccccc3)CC2)cc1. The summed E-state index contributed by atoms with van der Waals surface area (Å²) in [5.41, 5.74) is 0.987. The van der Waals surface area contributed by atoms with Gasteiger partial charge < -0.3 is 19.3 Å². The van der Waals surface area contributed by atoms with Gasteiger partial charge in [-0.1, -0.05) is 30.3 Å². The van der Waals surface area contributed by atoms with Crippen LogP contribution in [0, 0.1) is 0 Å². The molecule has 2 aromatic carbocycles. The summed E-state index contributed by atoms with van der Waals surface area (Å²) in [4.78, 5) is 28.2. The highest BCUT2D eigenvalue weighted by Crippen LogP contribution is 2.17. The van der Waals surface area contributed by atoms with Crippen LogP contribution in [0.15, 0.2) is 60.7 Å². The summed E-state index contributed by atoms with van der Waals surface area (Å²) in [6, 6.07) is 16.9. The highest BCUT2D eigenvalue weighted by Gasteiger charge is 2.23. The molecule has 152 valence electrons. The minimum absolute atomic E-state index is 0.0180. The third kappa shape index (κ3) is 6.10. The number of benzene rings is 2. The molecule has 1 fully saturated rings. The zero-order valence-corrected chi connectivity index (χ0v) is 16.6. The van der Waals surface area contributed by atoms with Gasteiger partial charge in [0.2, 0.25) is 5.91 Å². The average molecular weight is 394 g/mol. The van der Waals surface area contributed by atoms with Gasteiger partial charge in [-0.3, -0.25) is 9.59 Å². The maximum atomic E-state index is 12.4. The highest BCUT2D eigenvalue weighted by molar-refractivity contribution is 5.92. The number of nitrogens with zero attached hydrogens (tertiary/aromatic N) is 2. The standard InChI is InChI=1S/C23H26N2O4/c1-2-28-20-9-11-21(12-10-20)29-18-23(27)25-16-14-24(15-17-25)22(26)13-8-19-6-4-3-5-7-19/h3-13H,2,14-18H2,1H3/b13-8+. The molecule has 0 atom stereocenters. The fraction of sp³-hybridized carbons (Fsp3) is 0.304. The van der Waals surface area contributed by atoms with Gasteiger partial charge in [0, 0.05) is 32.3 Å². The molecule has 1 heterocycles. The monoisotopic (exact) mass is 394 g/mol. The van der Waals surface area contributed by atoms with Crippen LogP contribution in [-0.2, 0) is 9.59 Å². The van der Waals surface area contributed by atoms with Crippen molar-refractivity contribution in [1.82, 2.24) is 9.80 Å². The second kappa shape index (κ2) is 10.3. The van der Waals surface area contributed by atoms with Crippen LogP contribution in [0.3, 0.4) is 0 Å². The maximum absolute atomic E-state index is 12.4. The number of ether oxygens (including phenoxy) is 2. The molecule has 0 aromatic heterocycles. The predicted octanol–water partition coefficient (Wildman–Crippen LogP) is 2.85. The Morgan fingerprint density at radius 1 is 0.862 bits per heavy atom. The minimum atomic E-state index is -0.0780. The molecule has 2 aromatic rings. The Bertz CT molecular complexity index is 826. The fourth-order valence-electron chi connectivity index (χ4n) is 3.05. The molecule has 0 radical (unpaired) electrons. The molecule has 29 heavy (non-hydrogen) atoms. The molecule has 0 aliphatic carbocycles. The number of piperazine rings is 1. The normalized spacial score (nSPS) is 14.1. The Balaban J connectivity index is 1.42. The molecule has 2 amide bonds. The minimum Gasteiger partial charge on any atom is -0.494 e. The van der Waals surface area contributed by atoms with E-state index in [2.05, 4.69) is 0 Å². The molecule has 1 saturated heterocycles. The largest absolute Gasteiger partial charge is 0.494 e. The molecular weight excluding hydrogens is 368 g/mol. The molecule has 6 heteroatoms. The molecule has 3 rings (SSSR count). The zero-order chi connectivity index (χ0) is 20.5. The Morgan fingerprint density at radius 3 is 2.07 bits per heavy atom. The van der Waals surface area contributed by atoms with Crippen molar-refractivity contribution >= 4 is 17.9 Å². The summed E-state index contributed by atoms with van der Waals surface area (Å²) in [5.74, 6) is 1.28. The molecule has 0 saturated carbocycles. The summed E-state index contributed by atoms with van der Waals surface area (Å²) < 4.78 is 11.0. The lowest BCUT2D eigenvalue weighted by Crippen LogP contribution is -2.51. The Labute approximate surface area is 171 Å². The van der Waals surface area contributed by atoms with E-state index < -0.39 is 0 Å². The lowest BCUT2D eigenvalue weighted by molar-refractivity contribution is -0.138. The average Bonchev–Trinajstić information content (AvgIpc) is 2.78. The van der Waals surface area contributed by atoms with Crippen LogP contribution in [0.5, 0.6) is 11.5 Å². The fourth-order valence-corrected chi connectivity index (χ4v) is 3.05. The molecule has 1 aliphatic heterocycles. The van der Waals surface area contributed by atoms with E-state index in [1.807, 2.05) is 55.5 Å². The van der Waals surface area contributed by atoms with Crippen molar-refractivity contribution in [1.29, 1.82) is 0 Å². The van der Waals surface area contributed by atoms with Crippen LogP contribution >= 0.6 is 0 Å². The molecule has 6 nitrogen and oxygen atoms in total. The first-order chi connectivity index (χ1) is 14.2. The molecule has 1 aliphatic rings. The third-order valence-electron chi connectivity index (χ3n) is 4.66. The molecule has 0 unspecified atom stereocenters. The third-order valence-corrected chi connectivity index (χ3v) is 4.66. The van der Waals surface area contributed by atoms with E-state index in [-0.39, 0.29) is 18.4 Å². The van der Waals surface area contributed by atoms with E-state index in [1.165, 1.54) is 0 Å². The van der Waals surface area contributed by atoms with Crippen molar-refractivity contribution in [3.05, 3.63) is 66.2 Å². The number of amides is 2. The lowest BCUT2D eigenvalue weighted by Gasteiger charge is -2.34. The predicted molar refractivity (Wildman–Crippen MR) is 112 cm³/mol. The van der Waals surface area contributed by atoms with E-state index in [4.69, 9.17) is 9.47 Å². The number of rotatable bonds is 7.